The Morgan fingerprint density at radius 3 is 2.69 bits per heavy atom. The molecule has 0 radical (unpaired) electrons. The Morgan fingerprint density at radius 1 is 1.22 bits per heavy atom. The first-order valence-corrected chi connectivity index (χ1v) is 11.5. The monoisotopic (exact) mass is 467 g/mol. The summed E-state index contributed by atoms with van der Waals surface area (Å²) in [4.78, 5) is 11.4. The van der Waals surface area contributed by atoms with E-state index < -0.39 is 19.2 Å². The van der Waals surface area contributed by atoms with Gasteiger partial charge in [0, 0.05) is 37.4 Å². The Kier molecular flexibility index (Phi) is 5.56. The average molecular weight is 468 g/mol. The van der Waals surface area contributed by atoms with Gasteiger partial charge in [-0.25, -0.2) is 9.50 Å². The highest BCUT2D eigenvalue weighted by Crippen LogP contribution is 2.43. The van der Waals surface area contributed by atoms with Crippen LogP contribution < -0.4 is 15.0 Å². The van der Waals surface area contributed by atoms with Gasteiger partial charge < -0.3 is 15.0 Å². The molecule has 3 aromatic rings. The highest BCUT2D eigenvalue weighted by atomic mass is 32.1. The molecule has 12 heteroatoms. The van der Waals surface area contributed by atoms with Gasteiger partial charge >= 0.3 is 6.18 Å². The van der Waals surface area contributed by atoms with Crippen LogP contribution in [0.1, 0.15) is 25.1 Å². The van der Waals surface area contributed by atoms with E-state index in [2.05, 4.69) is 29.7 Å². The molecule has 0 aromatic carbocycles. The zero-order valence-electron chi connectivity index (χ0n) is 17.5. The molecule has 1 aliphatic carbocycles. The maximum absolute atomic E-state index is 12.4. The maximum atomic E-state index is 12.4. The highest BCUT2D eigenvalue weighted by molar-refractivity contribution is 7.09. The fraction of sp³-hybridized carbons (Fsp3) is 0.600. The van der Waals surface area contributed by atoms with Gasteiger partial charge in [-0.2, -0.15) is 22.5 Å². The predicted molar refractivity (Wildman–Crippen MR) is 114 cm³/mol. The van der Waals surface area contributed by atoms with Gasteiger partial charge in [-0.05, 0) is 49.7 Å². The Labute approximate surface area is 187 Å². The topological polar surface area (TPSA) is 80.5 Å². The van der Waals surface area contributed by atoms with Gasteiger partial charge in [0.05, 0.1) is 13.0 Å². The Morgan fingerprint density at radius 2 is 2.00 bits per heavy atom. The number of aryl methyl sites for hydroxylation is 1. The van der Waals surface area contributed by atoms with Crippen LogP contribution in [0.2, 0.25) is 0 Å². The minimum absolute atomic E-state index is 0.290. The molecule has 32 heavy (non-hydrogen) atoms. The average Bonchev–Trinajstić information content (AvgIpc) is 3.41. The third kappa shape index (κ3) is 4.45. The minimum atomic E-state index is -4.25. The van der Waals surface area contributed by atoms with E-state index in [1.165, 1.54) is 28.9 Å². The van der Waals surface area contributed by atoms with Crippen molar-refractivity contribution in [2.24, 2.45) is 17.8 Å². The molecule has 0 amide bonds. The minimum Gasteiger partial charge on any atom is -0.489 e. The van der Waals surface area contributed by atoms with E-state index in [0.29, 0.717) is 29.3 Å². The smallest absolute Gasteiger partial charge is 0.392 e. The van der Waals surface area contributed by atoms with Crippen molar-refractivity contribution in [2.45, 2.75) is 32.4 Å². The van der Waals surface area contributed by atoms with Gasteiger partial charge in [0.1, 0.15) is 5.82 Å². The molecule has 2 fully saturated rings. The number of ether oxygens (including phenoxy) is 1. The SMILES string of the molecule is Cc1nsc(N2CC3CC[C@@H](C2)[C@@H]3CNc2nc3c(OCCC(F)(F)F)cccn3n2)n1. The third-order valence-electron chi connectivity index (χ3n) is 6.28. The van der Waals surface area contributed by atoms with Crippen molar-refractivity contribution in [2.75, 3.05) is 36.5 Å². The van der Waals surface area contributed by atoms with E-state index in [-0.39, 0.29) is 5.75 Å². The molecule has 4 heterocycles. The van der Waals surface area contributed by atoms with E-state index in [0.717, 1.165) is 30.6 Å². The molecular weight excluding hydrogens is 443 g/mol. The number of piperidine rings is 1. The van der Waals surface area contributed by atoms with Crippen molar-refractivity contribution < 1.29 is 17.9 Å². The summed E-state index contributed by atoms with van der Waals surface area (Å²) in [5, 5.41) is 8.77. The Hall–Kier alpha value is -2.63. The van der Waals surface area contributed by atoms with Gasteiger partial charge in [-0.15, -0.1) is 5.10 Å². The highest BCUT2D eigenvalue weighted by Gasteiger charge is 2.42. The first kappa shape index (κ1) is 21.2. The van der Waals surface area contributed by atoms with Crippen molar-refractivity contribution >= 4 is 28.3 Å². The number of anilines is 2. The number of nitrogens with one attached hydrogen (secondary N) is 1. The van der Waals surface area contributed by atoms with Crippen LogP contribution in [0.3, 0.4) is 0 Å². The number of halogens is 3. The lowest BCUT2D eigenvalue weighted by Gasteiger charge is -2.37. The zero-order chi connectivity index (χ0) is 22.3. The number of fused-ring (bicyclic) bond motifs is 3. The molecule has 5 rings (SSSR count). The summed E-state index contributed by atoms with van der Waals surface area (Å²) < 4.78 is 48.4. The number of hydrogen-bond donors (Lipinski definition) is 1. The van der Waals surface area contributed by atoms with Crippen LogP contribution in [0.4, 0.5) is 24.3 Å². The van der Waals surface area contributed by atoms with Crippen LogP contribution in [0.15, 0.2) is 18.3 Å². The second kappa shape index (κ2) is 8.38. The summed E-state index contributed by atoms with van der Waals surface area (Å²) in [5.41, 5.74) is 0.404. The number of rotatable bonds is 7. The molecule has 2 aliphatic rings. The largest absolute Gasteiger partial charge is 0.489 e. The zero-order valence-corrected chi connectivity index (χ0v) is 18.4. The standard InChI is InChI=1S/C20H24F3N7OS/c1-12-25-19(32-28-12)29-10-13-4-5-14(11-29)15(13)9-24-18-26-17-16(3-2-7-30(17)27-18)31-8-6-20(21,22)23/h2-3,7,13-15H,4-6,8-11H2,1H3,(H,24,27)/t13-,14?,15-/m0/s1. The lowest BCUT2D eigenvalue weighted by molar-refractivity contribution is -0.139. The molecule has 1 saturated carbocycles. The number of alkyl halides is 3. The van der Waals surface area contributed by atoms with E-state index in [4.69, 9.17) is 4.74 Å². The fourth-order valence-corrected chi connectivity index (χ4v) is 5.49. The molecule has 3 aromatic heterocycles. The molecule has 1 unspecified atom stereocenters. The van der Waals surface area contributed by atoms with Gasteiger partial charge in [0.15, 0.2) is 11.4 Å². The van der Waals surface area contributed by atoms with Crippen molar-refractivity contribution in [3.8, 4) is 5.75 Å². The van der Waals surface area contributed by atoms with Crippen LogP contribution in [-0.2, 0) is 0 Å². The third-order valence-corrected chi connectivity index (χ3v) is 7.15. The van der Waals surface area contributed by atoms with E-state index in [9.17, 15) is 13.2 Å². The first-order chi connectivity index (χ1) is 15.4. The molecule has 3 atom stereocenters. The van der Waals surface area contributed by atoms with Gasteiger partial charge in [-0.3, -0.25) is 0 Å². The van der Waals surface area contributed by atoms with Crippen LogP contribution >= 0.6 is 11.5 Å². The van der Waals surface area contributed by atoms with E-state index in [1.807, 2.05) is 6.92 Å². The van der Waals surface area contributed by atoms with E-state index in [1.54, 1.807) is 18.3 Å². The molecule has 8 nitrogen and oxygen atoms in total. The lowest BCUT2D eigenvalue weighted by Crippen LogP contribution is -2.44. The summed E-state index contributed by atoms with van der Waals surface area (Å²) in [6, 6.07) is 3.29. The molecule has 1 saturated heterocycles. The summed E-state index contributed by atoms with van der Waals surface area (Å²) in [6.45, 7) is 4.19. The van der Waals surface area contributed by atoms with Gasteiger partial charge in [0.25, 0.3) is 0 Å². The van der Waals surface area contributed by atoms with Crippen LogP contribution in [0.5, 0.6) is 5.75 Å². The number of hydrogen-bond acceptors (Lipinski definition) is 8. The lowest BCUT2D eigenvalue weighted by atomic mass is 9.85. The summed E-state index contributed by atoms with van der Waals surface area (Å²) in [5.74, 6) is 3.24. The van der Waals surface area contributed by atoms with Crippen LogP contribution in [-0.4, -0.2) is 56.4 Å². The van der Waals surface area contributed by atoms with Gasteiger partial charge in [-0.1, -0.05) is 0 Å². The van der Waals surface area contributed by atoms with Crippen LogP contribution in [0.25, 0.3) is 5.65 Å². The molecule has 2 bridgehead atoms. The van der Waals surface area contributed by atoms with Crippen molar-refractivity contribution in [3.63, 3.8) is 0 Å². The fourth-order valence-electron chi connectivity index (χ4n) is 4.79. The summed E-state index contributed by atoms with van der Waals surface area (Å²) >= 11 is 1.46. The summed E-state index contributed by atoms with van der Waals surface area (Å²) in [7, 11) is 0. The molecule has 1 aliphatic heterocycles. The van der Waals surface area contributed by atoms with Crippen LogP contribution in [0, 0.1) is 24.7 Å². The van der Waals surface area contributed by atoms with Crippen molar-refractivity contribution in [1.29, 1.82) is 0 Å². The number of nitrogens with zero attached hydrogens (tertiary/aromatic N) is 6. The maximum Gasteiger partial charge on any atom is 0.392 e. The molecular formula is C20H24F3N7OS. The molecule has 0 spiro atoms. The molecule has 172 valence electrons. The molecule has 1 N–H and O–H groups in total. The predicted octanol–water partition coefficient (Wildman–Crippen LogP) is 3.79. The number of pyridine rings is 1. The first-order valence-electron chi connectivity index (χ1n) is 10.7. The quantitative estimate of drug-likeness (QED) is 0.566. The second-order valence-corrected chi connectivity index (χ2v) is 9.19. The number of aromatic nitrogens is 5. The second-order valence-electron chi connectivity index (χ2n) is 8.46. The normalized spacial score (nSPS) is 23.1. The Balaban J connectivity index is 1.22. The van der Waals surface area contributed by atoms with Crippen molar-refractivity contribution in [1.82, 2.24) is 24.0 Å². The summed E-state index contributed by atoms with van der Waals surface area (Å²) in [6.07, 6.45) is -1.17. The van der Waals surface area contributed by atoms with Crippen molar-refractivity contribution in [3.05, 3.63) is 24.2 Å². The van der Waals surface area contributed by atoms with Gasteiger partial charge in [0.2, 0.25) is 11.1 Å². The Bertz CT molecular complexity index is 1070. The van der Waals surface area contributed by atoms with E-state index >= 15 is 0 Å².